The Labute approximate surface area is 463 Å². The molecule has 1 atom stereocenters. The van der Waals surface area contributed by atoms with Crippen LogP contribution in [0.25, 0.3) is 32.8 Å². The van der Waals surface area contributed by atoms with Gasteiger partial charge in [0.05, 0.1) is 16.7 Å². The lowest BCUT2D eigenvalue weighted by Gasteiger charge is -2.36. The van der Waals surface area contributed by atoms with Crippen molar-refractivity contribution in [3.8, 4) is 16.9 Å². The van der Waals surface area contributed by atoms with Gasteiger partial charge in [0.1, 0.15) is 29.0 Å². The predicted molar refractivity (Wildman–Crippen MR) is 302 cm³/mol. The number of likely N-dealkylation sites (N-methyl/N-ethyl adjacent to an activating group) is 1. The van der Waals surface area contributed by atoms with Crippen molar-refractivity contribution in [1.29, 1.82) is 0 Å². The first-order chi connectivity index (χ1) is 36.9. The Morgan fingerprint density at radius 2 is 1.68 bits per heavy atom. The average Bonchev–Trinajstić information content (AvgIpc) is 3.58. The van der Waals surface area contributed by atoms with E-state index >= 15 is 4.39 Å². The Morgan fingerprint density at radius 3 is 2.40 bits per heavy atom. The number of imide groups is 1. The summed E-state index contributed by atoms with van der Waals surface area (Å²) >= 11 is 13.6. The summed E-state index contributed by atoms with van der Waals surface area (Å²) in [5, 5.41) is 24.5. The van der Waals surface area contributed by atoms with Crippen molar-refractivity contribution in [2.24, 2.45) is 0 Å². The molecule has 6 aromatic rings. The Hall–Kier alpha value is -7.12. The molecule has 20 heteroatoms. The molecule has 0 spiro atoms. The SMILES string of the molecule is CN(Cc1cc(CNC(=O)Nc2cc(Cl)cc(C(C)(C)CCOC(C)(C)CNc3nc(N4CCN(C(=O)OC(C)(C)C)CC4)c4cc(Cl)c(-c5cc(O)cc6ccccc56)c(F)c4n3)c2)ccc1C=O)C1CCC(=O)NC1=O. The van der Waals surface area contributed by atoms with Crippen LogP contribution in [0.3, 0.4) is 0 Å². The number of hydrogen-bond donors (Lipinski definition) is 5. The van der Waals surface area contributed by atoms with E-state index in [1.807, 2.05) is 82.0 Å². The number of hydrogen-bond acceptors (Lipinski definition) is 13. The standard InChI is InChI=1S/C58H66Cl2FN9O8/c1-56(2,3)78-55(76)70-20-18-69(19-21-70)51-44-29-45(60)48(43-28-41(72)24-35-11-9-10-12-42(35)43)49(61)50(44)66-53(67-51)63-33-58(6,7)77-22-17-57(4,5)38-25-39(59)27-40(26-38)64-54(75)62-30-34-13-14-36(32-71)37(23-34)31-68(8)46-15-16-47(73)65-52(46)74/h9-14,23-29,32,46,72H,15-22,30-31,33H2,1-8H3,(H2,62,64,75)(H,63,66,67)(H,65,73,74). The maximum absolute atomic E-state index is 17.3. The van der Waals surface area contributed by atoms with Crippen LogP contribution in [-0.4, -0.2) is 119 Å². The number of phenols is 1. The third-order valence-electron chi connectivity index (χ3n) is 14.0. The third kappa shape index (κ3) is 13.8. The van der Waals surface area contributed by atoms with Gasteiger partial charge in [0, 0.05) is 86.1 Å². The number of nitrogens with one attached hydrogen (secondary N) is 4. The van der Waals surface area contributed by atoms with E-state index in [0.717, 1.165) is 17.4 Å². The number of piperazine rings is 1. The van der Waals surface area contributed by atoms with Crippen LogP contribution in [0.5, 0.6) is 5.75 Å². The molecule has 5 aromatic carbocycles. The minimum atomic E-state index is -0.783. The smallest absolute Gasteiger partial charge is 0.410 e. The molecule has 0 aliphatic carbocycles. The number of ether oxygens (including phenoxy) is 2. The summed E-state index contributed by atoms with van der Waals surface area (Å²) in [7, 11) is 1.76. The molecular formula is C58H66Cl2FN9O8. The molecule has 5 amide bonds. The van der Waals surface area contributed by atoms with E-state index in [0.29, 0.717) is 95.0 Å². The van der Waals surface area contributed by atoms with Crippen LogP contribution in [0.2, 0.25) is 10.0 Å². The highest BCUT2D eigenvalue weighted by atomic mass is 35.5. The second kappa shape index (κ2) is 23.5. The molecular weight excluding hydrogens is 1040 g/mol. The number of rotatable bonds is 17. The number of piperidine rings is 1. The van der Waals surface area contributed by atoms with E-state index in [4.69, 9.17) is 42.6 Å². The minimum Gasteiger partial charge on any atom is -0.508 e. The maximum Gasteiger partial charge on any atom is 0.410 e. The minimum absolute atomic E-state index is 0.0187. The molecule has 2 aliphatic rings. The van der Waals surface area contributed by atoms with Crippen molar-refractivity contribution in [3.63, 3.8) is 0 Å². The lowest BCUT2D eigenvalue weighted by molar-refractivity contribution is -0.137. The van der Waals surface area contributed by atoms with Gasteiger partial charge in [0.2, 0.25) is 17.8 Å². The van der Waals surface area contributed by atoms with Gasteiger partial charge in [0.15, 0.2) is 5.82 Å². The summed E-state index contributed by atoms with van der Waals surface area (Å²) in [6.45, 7) is 15.8. The summed E-state index contributed by atoms with van der Waals surface area (Å²) in [6.07, 6.45) is 1.51. The number of fused-ring (bicyclic) bond motifs is 2. The number of anilines is 3. The zero-order valence-corrected chi connectivity index (χ0v) is 46.6. The van der Waals surface area contributed by atoms with Gasteiger partial charge in [-0.1, -0.05) is 79.5 Å². The van der Waals surface area contributed by atoms with Gasteiger partial charge in [-0.2, -0.15) is 4.98 Å². The van der Waals surface area contributed by atoms with Crippen LogP contribution < -0.4 is 26.2 Å². The summed E-state index contributed by atoms with van der Waals surface area (Å²) in [5.41, 5.74) is 1.82. The molecule has 2 fully saturated rings. The van der Waals surface area contributed by atoms with Crippen molar-refractivity contribution < 1.29 is 42.9 Å². The topological polar surface area (TPSA) is 208 Å². The zero-order valence-electron chi connectivity index (χ0n) is 45.1. The van der Waals surface area contributed by atoms with Gasteiger partial charge in [-0.3, -0.25) is 24.6 Å². The highest BCUT2D eigenvalue weighted by molar-refractivity contribution is 6.35. The van der Waals surface area contributed by atoms with E-state index < -0.39 is 40.6 Å². The molecule has 5 N–H and O–H groups in total. The Bertz CT molecular complexity index is 3290. The largest absolute Gasteiger partial charge is 0.508 e. The van der Waals surface area contributed by atoms with E-state index in [1.54, 1.807) is 47.2 Å². The summed E-state index contributed by atoms with van der Waals surface area (Å²) < 4.78 is 29.4. The Kier molecular flexibility index (Phi) is 17.2. The number of aromatic hydroxyl groups is 1. The predicted octanol–water partition coefficient (Wildman–Crippen LogP) is 10.6. The lowest BCUT2D eigenvalue weighted by Crippen LogP contribution is -2.51. The fourth-order valence-corrected chi connectivity index (χ4v) is 10.2. The highest BCUT2D eigenvalue weighted by Crippen LogP contribution is 2.43. The van der Waals surface area contributed by atoms with Gasteiger partial charge in [-0.25, -0.2) is 19.0 Å². The van der Waals surface area contributed by atoms with E-state index in [-0.39, 0.29) is 65.7 Å². The van der Waals surface area contributed by atoms with Gasteiger partial charge in [0.25, 0.3) is 0 Å². The number of carbonyl (C=O) groups excluding carboxylic acids is 5. The molecule has 0 saturated carbocycles. The number of urea groups is 1. The first kappa shape index (κ1) is 57.1. The zero-order chi connectivity index (χ0) is 56.3. The van der Waals surface area contributed by atoms with Crippen LogP contribution in [0.4, 0.5) is 31.4 Å². The molecule has 0 bridgehead atoms. The summed E-state index contributed by atoms with van der Waals surface area (Å²) in [6, 6.07) is 21.7. The highest BCUT2D eigenvalue weighted by Gasteiger charge is 2.32. The second-order valence-corrected chi connectivity index (χ2v) is 23.0. The Morgan fingerprint density at radius 1 is 0.936 bits per heavy atom. The molecule has 412 valence electrons. The normalized spacial score (nSPS) is 15.4. The monoisotopic (exact) mass is 1110 g/mol. The molecule has 1 unspecified atom stereocenters. The van der Waals surface area contributed by atoms with Crippen LogP contribution in [0, 0.1) is 5.82 Å². The molecule has 78 heavy (non-hydrogen) atoms. The third-order valence-corrected chi connectivity index (χ3v) is 14.5. The molecule has 8 rings (SSSR count). The van der Waals surface area contributed by atoms with Crippen LogP contribution in [-0.2, 0) is 37.6 Å². The summed E-state index contributed by atoms with van der Waals surface area (Å²) in [5.74, 6) is -0.824. The fourth-order valence-electron chi connectivity index (χ4n) is 9.66. The molecule has 0 radical (unpaired) electrons. The van der Waals surface area contributed by atoms with Gasteiger partial charge >= 0.3 is 12.1 Å². The number of amides is 5. The van der Waals surface area contributed by atoms with Crippen LogP contribution >= 0.6 is 23.2 Å². The van der Waals surface area contributed by atoms with Gasteiger partial charge < -0.3 is 40.3 Å². The first-order valence-corrected chi connectivity index (χ1v) is 26.6. The van der Waals surface area contributed by atoms with E-state index in [9.17, 15) is 29.1 Å². The number of aldehydes is 1. The van der Waals surface area contributed by atoms with Crippen molar-refractivity contribution in [1.82, 2.24) is 30.4 Å². The van der Waals surface area contributed by atoms with Gasteiger partial charge in [-0.15, -0.1) is 0 Å². The molecule has 2 aliphatic heterocycles. The van der Waals surface area contributed by atoms with Crippen molar-refractivity contribution in [2.45, 2.75) is 103 Å². The molecule has 1 aromatic heterocycles. The molecule has 3 heterocycles. The fraction of sp³-hybridized carbons (Fsp3) is 0.397. The Balaban J connectivity index is 0.930. The molecule has 2 saturated heterocycles. The lowest BCUT2D eigenvalue weighted by atomic mass is 9.81. The van der Waals surface area contributed by atoms with Crippen LogP contribution in [0.1, 0.15) is 94.8 Å². The second-order valence-electron chi connectivity index (χ2n) is 22.1. The number of carbonyl (C=O) groups is 5. The quantitative estimate of drug-likeness (QED) is 0.0426. The van der Waals surface area contributed by atoms with Gasteiger partial charge in [-0.05, 0) is 129 Å². The van der Waals surface area contributed by atoms with E-state index in [2.05, 4.69) is 35.1 Å². The number of phenolic OH excluding ortho intramolecular Hbond substituents is 1. The first-order valence-electron chi connectivity index (χ1n) is 25.9. The van der Waals surface area contributed by atoms with Crippen LogP contribution in [0.15, 0.2) is 78.9 Å². The van der Waals surface area contributed by atoms with Crippen molar-refractivity contribution >= 4 is 92.6 Å². The number of halogens is 3. The van der Waals surface area contributed by atoms with Crippen molar-refractivity contribution in [2.75, 3.05) is 61.9 Å². The maximum atomic E-state index is 17.3. The number of aromatic nitrogens is 2. The van der Waals surface area contributed by atoms with Crippen molar-refractivity contribution in [3.05, 3.63) is 117 Å². The molecule has 17 nitrogen and oxygen atoms in total. The van der Waals surface area contributed by atoms with E-state index in [1.165, 1.54) is 6.07 Å². The number of nitrogens with zero attached hydrogens (tertiary/aromatic N) is 5. The average molecular weight is 1110 g/mol. The number of benzene rings is 5. The summed E-state index contributed by atoms with van der Waals surface area (Å²) in [4.78, 5) is 77.4.